The minimum absolute atomic E-state index is 0.316. The van der Waals surface area contributed by atoms with Crippen molar-refractivity contribution in [1.29, 1.82) is 0 Å². The van der Waals surface area contributed by atoms with E-state index in [-0.39, 0.29) is 22.5 Å². The smallest absolute Gasteiger partial charge is 0.131 e. The molecule has 58 heavy (non-hydrogen) atoms. The lowest BCUT2D eigenvalue weighted by molar-refractivity contribution is 0.422. The molecule has 7 aromatic rings. The second-order valence-corrected chi connectivity index (χ2v) is 15.8. The highest BCUT2D eigenvalue weighted by Gasteiger charge is 2.28. The van der Waals surface area contributed by atoms with Crippen LogP contribution in [0.2, 0.25) is 0 Å². The molecule has 294 valence electrons. The third-order valence-corrected chi connectivity index (χ3v) is 8.91. The van der Waals surface area contributed by atoms with E-state index in [1.54, 1.807) is 48.5 Å². The number of ether oxygens (including phenoxy) is 6. The van der Waals surface area contributed by atoms with Gasteiger partial charge in [-0.05, 0) is 95.8 Å². The van der Waals surface area contributed by atoms with Crippen LogP contribution in [-0.2, 0) is 10.8 Å². The van der Waals surface area contributed by atoms with Crippen molar-refractivity contribution in [3.63, 3.8) is 0 Å². The Kier molecular flexibility index (Phi) is 11.4. The first kappa shape index (κ1) is 39.4. The summed E-state index contributed by atoms with van der Waals surface area (Å²) in [5, 5.41) is 0. The lowest BCUT2D eigenvalue weighted by Gasteiger charge is -2.29. The zero-order valence-corrected chi connectivity index (χ0v) is 33.2. The zero-order valence-electron chi connectivity index (χ0n) is 33.2. The highest BCUT2D eigenvalue weighted by Crippen LogP contribution is 2.45. The molecule has 8 heteroatoms. The van der Waals surface area contributed by atoms with Crippen molar-refractivity contribution in [3.8, 4) is 69.0 Å². The first-order chi connectivity index (χ1) is 27.7. The molecular weight excluding hydrogens is 735 g/mol. The predicted molar refractivity (Wildman–Crippen MR) is 223 cm³/mol. The van der Waals surface area contributed by atoms with Crippen LogP contribution in [0.3, 0.4) is 0 Å². The molecule has 0 aliphatic carbocycles. The highest BCUT2D eigenvalue weighted by atomic mass is 19.1. The standard InChI is InChI=1S/C50H44F2O6/c1-49(2,3)45-31-48(58-44-24-12-22-42(30-44)56-40-20-10-18-38(28-40)54-36-16-8-14-34(52)26-36)46(50(4,5)6)32-47(45)57-43-23-11-21-41(29-43)55-39-19-9-17-37(27-39)53-35-15-7-13-33(51)25-35/h7-32H,1-6H3. The van der Waals surface area contributed by atoms with Crippen molar-refractivity contribution in [2.24, 2.45) is 0 Å². The van der Waals surface area contributed by atoms with Crippen LogP contribution in [0.5, 0.6) is 69.0 Å². The summed E-state index contributed by atoms with van der Waals surface area (Å²) < 4.78 is 64.9. The molecule has 6 nitrogen and oxygen atoms in total. The molecule has 0 amide bonds. The van der Waals surface area contributed by atoms with E-state index in [2.05, 4.69) is 53.7 Å². The van der Waals surface area contributed by atoms with Gasteiger partial charge >= 0.3 is 0 Å². The maximum atomic E-state index is 13.7. The minimum Gasteiger partial charge on any atom is -0.457 e. The zero-order chi connectivity index (χ0) is 40.9. The first-order valence-corrected chi connectivity index (χ1v) is 18.9. The van der Waals surface area contributed by atoms with Gasteiger partial charge in [-0.1, -0.05) is 77.9 Å². The van der Waals surface area contributed by atoms with Crippen LogP contribution in [0.15, 0.2) is 158 Å². The molecule has 0 aliphatic heterocycles. The van der Waals surface area contributed by atoms with E-state index in [4.69, 9.17) is 28.4 Å². The van der Waals surface area contributed by atoms with Gasteiger partial charge in [-0.3, -0.25) is 0 Å². The van der Waals surface area contributed by atoms with Crippen molar-refractivity contribution in [2.75, 3.05) is 0 Å². The number of halogens is 2. The molecule has 0 fully saturated rings. The number of rotatable bonds is 12. The fourth-order valence-electron chi connectivity index (χ4n) is 6.17. The third-order valence-electron chi connectivity index (χ3n) is 8.91. The van der Waals surface area contributed by atoms with Crippen LogP contribution in [0, 0.1) is 11.6 Å². The maximum Gasteiger partial charge on any atom is 0.131 e. The molecule has 0 saturated carbocycles. The van der Waals surface area contributed by atoms with Gasteiger partial charge in [0, 0.05) is 47.5 Å². The Labute approximate surface area is 338 Å². The Hall–Kier alpha value is -6.80. The fraction of sp³-hybridized carbons (Fsp3) is 0.160. The number of hydrogen-bond acceptors (Lipinski definition) is 6. The van der Waals surface area contributed by atoms with Gasteiger partial charge in [0.2, 0.25) is 0 Å². The molecule has 0 atom stereocenters. The van der Waals surface area contributed by atoms with Crippen LogP contribution >= 0.6 is 0 Å². The van der Waals surface area contributed by atoms with Crippen LogP contribution in [0.25, 0.3) is 0 Å². The van der Waals surface area contributed by atoms with Crippen molar-refractivity contribution < 1.29 is 37.2 Å². The van der Waals surface area contributed by atoms with E-state index in [1.165, 1.54) is 24.3 Å². The Balaban J connectivity index is 1.11. The first-order valence-electron chi connectivity index (χ1n) is 18.9. The van der Waals surface area contributed by atoms with E-state index in [1.807, 2.05) is 72.8 Å². The van der Waals surface area contributed by atoms with E-state index >= 15 is 0 Å². The molecule has 0 aromatic heterocycles. The average molecular weight is 779 g/mol. The second kappa shape index (κ2) is 16.7. The van der Waals surface area contributed by atoms with Gasteiger partial charge in [-0.15, -0.1) is 0 Å². The normalized spacial score (nSPS) is 11.4. The SMILES string of the molecule is CC(C)(C)c1cc(Oc2cccc(Oc3cccc(Oc4cccc(F)c4)c3)c2)c(C(C)(C)C)cc1Oc1cccc(Oc2cccc(Oc3cccc(F)c3)c2)c1. The summed E-state index contributed by atoms with van der Waals surface area (Å²) in [5.41, 5.74) is 1.27. The van der Waals surface area contributed by atoms with Crippen LogP contribution < -0.4 is 28.4 Å². The lowest BCUT2D eigenvalue weighted by atomic mass is 9.81. The number of hydrogen-bond donors (Lipinski definition) is 0. The maximum absolute atomic E-state index is 13.7. The van der Waals surface area contributed by atoms with E-state index < -0.39 is 0 Å². The molecule has 7 aromatic carbocycles. The molecule has 0 heterocycles. The van der Waals surface area contributed by atoms with E-state index in [0.29, 0.717) is 69.0 Å². The highest BCUT2D eigenvalue weighted by molar-refractivity contribution is 5.55. The largest absolute Gasteiger partial charge is 0.457 e. The van der Waals surface area contributed by atoms with Gasteiger partial charge in [0.25, 0.3) is 0 Å². The molecule has 7 rings (SSSR count). The summed E-state index contributed by atoms with van der Waals surface area (Å²) in [4.78, 5) is 0. The predicted octanol–water partition coefficient (Wildman–Crippen LogP) is 15.3. The van der Waals surface area contributed by atoms with Gasteiger partial charge in [-0.2, -0.15) is 0 Å². The Bertz CT molecular complexity index is 2360. The summed E-state index contributed by atoms with van der Waals surface area (Å²) in [7, 11) is 0. The monoisotopic (exact) mass is 778 g/mol. The van der Waals surface area contributed by atoms with Crippen molar-refractivity contribution in [2.45, 2.75) is 52.4 Å². The Morgan fingerprint density at radius 3 is 0.759 bits per heavy atom. The quantitative estimate of drug-likeness (QED) is 0.123. The minimum atomic E-state index is -0.375. The van der Waals surface area contributed by atoms with Crippen molar-refractivity contribution in [3.05, 3.63) is 180 Å². The Morgan fingerprint density at radius 2 is 0.517 bits per heavy atom. The van der Waals surface area contributed by atoms with Crippen LogP contribution in [0.4, 0.5) is 8.78 Å². The molecule has 0 spiro atoms. The molecule has 0 bridgehead atoms. The molecule has 0 saturated heterocycles. The summed E-state index contributed by atoms with van der Waals surface area (Å²) >= 11 is 0. The third kappa shape index (κ3) is 10.3. The molecule has 0 unspecified atom stereocenters. The second-order valence-electron chi connectivity index (χ2n) is 15.8. The molecule has 0 aliphatic rings. The summed E-state index contributed by atoms with van der Waals surface area (Å²) in [6.07, 6.45) is 0. The summed E-state index contributed by atoms with van der Waals surface area (Å²) in [6.45, 7) is 12.8. The molecular formula is C50H44F2O6. The average Bonchev–Trinajstić information content (AvgIpc) is 3.15. The van der Waals surface area contributed by atoms with Gasteiger partial charge in [0.15, 0.2) is 0 Å². The van der Waals surface area contributed by atoms with Crippen LogP contribution in [0.1, 0.15) is 52.7 Å². The Morgan fingerprint density at radius 1 is 0.293 bits per heavy atom. The van der Waals surface area contributed by atoms with Gasteiger partial charge in [0.1, 0.15) is 80.6 Å². The van der Waals surface area contributed by atoms with Gasteiger partial charge < -0.3 is 28.4 Å². The number of benzene rings is 7. The fourth-order valence-corrected chi connectivity index (χ4v) is 6.17. The van der Waals surface area contributed by atoms with Gasteiger partial charge in [-0.25, -0.2) is 8.78 Å². The van der Waals surface area contributed by atoms with Crippen LogP contribution in [-0.4, -0.2) is 0 Å². The van der Waals surface area contributed by atoms with Crippen molar-refractivity contribution >= 4 is 0 Å². The topological polar surface area (TPSA) is 55.4 Å². The van der Waals surface area contributed by atoms with E-state index in [0.717, 1.165) is 11.1 Å². The summed E-state index contributed by atoms with van der Waals surface area (Å²) in [5.74, 6) is 5.90. The molecule has 0 radical (unpaired) electrons. The molecule has 0 N–H and O–H groups in total. The van der Waals surface area contributed by atoms with Gasteiger partial charge in [0.05, 0.1) is 0 Å². The van der Waals surface area contributed by atoms with Crippen molar-refractivity contribution in [1.82, 2.24) is 0 Å². The van der Waals surface area contributed by atoms with E-state index in [9.17, 15) is 8.78 Å². The summed E-state index contributed by atoms with van der Waals surface area (Å²) in [6, 6.07) is 45.3. The lowest BCUT2D eigenvalue weighted by Crippen LogP contribution is -2.17.